The summed E-state index contributed by atoms with van der Waals surface area (Å²) in [6.07, 6.45) is 16.8. The zero-order valence-corrected chi connectivity index (χ0v) is 51.9. The Morgan fingerprint density at radius 1 is 0.588 bits per heavy atom. The number of carbonyl (C=O) groups excluding carboxylic acids is 3. The molecule has 0 bridgehead atoms. The third-order valence-electron chi connectivity index (χ3n) is 13.0. The Labute approximate surface area is 485 Å². The zero-order chi connectivity index (χ0) is 58.9. The van der Waals surface area contributed by atoms with Crippen LogP contribution in [0, 0.1) is 0 Å². The fourth-order valence-electron chi connectivity index (χ4n) is 8.91. The number of rotatable bonds is 42. The molecule has 80 heavy (non-hydrogen) atoms. The minimum absolute atomic E-state index is 0.0171. The Kier molecular flexibility index (Phi) is 45.6. The molecule has 1 aliphatic heterocycles. The Balaban J connectivity index is 0.00000515. The van der Waals surface area contributed by atoms with Crippen LogP contribution in [-0.2, 0) is 76.0 Å². The van der Waals surface area contributed by atoms with Crippen LogP contribution in [0.1, 0.15) is 227 Å². The van der Waals surface area contributed by atoms with Crippen LogP contribution in [0.25, 0.3) is 0 Å². The second kappa shape index (κ2) is 49.4. The smallest absolute Gasteiger partial charge is 0.462 e. The van der Waals surface area contributed by atoms with E-state index in [4.69, 9.17) is 37.3 Å². The van der Waals surface area contributed by atoms with Crippen molar-refractivity contribution in [1.82, 2.24) is 5.32 Å². The van der Waals surface area contributed by atoms with Gasteiger partial charge < -0.3 is 29.0 Å². The van der Waals surface area contributed by atoms with Gasteiger partial charge in [0.15, 0.2) is 12.4 Å². The van der Waals surface area contributed by atoms with E-state index in [1.54, 1.807) is 6.08 Å². The van der Waals surface area contributed by atoms with E-state index in [0.29, 0.717) is 30.4 Å². The lowest BCUT2D eigenvalue weighted by Crippen LogP contribution is -2.66. The Morgan fingerprint density at radius 2 is 1.05 bits per heavy atom. The summed E-state index contributed by atoms with van der Waals surface area (Å²) in [5, 5.41) is 3.00. The average Bonchev–Trinajstić information content (AvgIpc) is 3.49. The number of unbranched alkanes of at least 4 members (excludes halogenated alkanes) is 16. The molecule has 1 amide bonds. The van der Waals surface area contributed by atoms with Crippen molar-refractivity contribution in [2.24, 2.45) is 0 Å². The molecule has 0 aliphatic carbocycles. The van der Waals surface area contributed by atoms with Crippen LogP contribution in [-0.4, -0.2) is 67.8 Å². The molecule has 1 aliphatic rings. The van der Waals surface area contributed by atoms with Gasteiger partial charge in [-0.05, 0) is 42.4 Å². The predicted molar refractivity (Wildman–Crippen MR) is 325 cm³/mol. The van der Waals surface area contributed by atoms with Crippen molar-refractivity contribution in [3.05, 3.63) is 120 Å². The highest BCUT2D eigenvalue weighted by Crippen LogP contribution is 2.54. The van der Waals surface area contributed by atoms with E-state index in [0.717, 1.165) is 50.5 Å². The highest BCUT2D eigenvalue weighted by atomic mass is 31.2. The summed E-state index contributed by atoms with van der Waals surface area (Å²) in [6.45, 7) is 21.9. The summed E-state index contributed by atoms with van der Waals surface area (Å²) >= 11 is 0. The average molecular weight is 1140 g/mol. The molecule has 6 atom stereocenters. The summed E-state index contributed by atoms with van der Waals surface area (Å²) in [7, 11) is -4.61. The summed E-state index contributed by atoms with van der Waals surface area (Å²) < 4.78 is 65.8. The summed E-state index contributed by atoms with van der Waals surface area (Å²) in [6, 6.07) is 26.8. The zero-order valence-electron chi connectivity index (χ0n) is 51.1. The van der Waals surface area contributed by atoms with Crippen molar-refractivity contribution in [1.29, 1.82) is 0 Å². The Hall–Kier alpha value is -4.20. The highest BCUT2D eigenvalue weighted by molar-refractivity contribution is 7.48. The second-order valence-electron chi connectivity index (χ2n) is 19.5. The van der Waals surface area contributed by atoms with Gasteiger partial charge in [0, 0.05) is 12.8 Å². The highest BCUT2D eigenvalue weighted by Gasteiger charge is 2.53. The van der Waals surface area contributed by atoms with Crippen molar-refractivity contribution in [3.63, 3.8) is 0 Å². The molecule has 3 aromatic rings. The Bertz CT molecular complexity index is 1950. The van der Waals surface area contributed by atoms with Gasteiger partial charge in [-0.2, -0.15) is 0 Å². The number of nitrogens with one attached hydrogen (secondary N) is 1. The lowest BCUT2D eigenvalue weighted by Gasteiger charge is -2.46. The monoisotopic (exact) mass is 1140 g/mol. The number of hydrogen-bond acceptors (Lipinski definition) is 12. The molecule has 1 saturated heterocycles. The molecule has 454 valence electrons. The third-order valence-corrected chi connectivity index (χ3v) is 14.4. The minimum atomic E-state index is -4.61. The molecular weight excluding hydrogens is 1030 g/mol. The van der Waals surface area contributed by atoms with Gasteiger partial charge in [-0.15, -0.1) is 6.58 Å². The molecule has 1 fully saturated rings. The predicted octanol–water partition coefficient (Wildman–Crippen LogP) is 17.5. The van der Waals surface area contributed by atoms with Gasteiger partial charge in [-0.3, -0.25) is 28.0 Å². The first-order chi connectivity index (χ1) is 39.2. The number of hydrogen-bond donors (Lipinski definition) is 1. The normalized spacial score (nSPS) is 17.0. The van der Waals surface area contributed by atoms with Crippen molar-refractivity contribution in [2.45, 2.75) is 267 Å². The van der Waals surface area contributed by atoms with Gasteiger partial charge in [0.05, 0.1) is 39.5 Å². The molecule has 14 heteroatoms. The van der Waals surface area contributed by atoms with Crippen LogP contribution in [0.3, 0.4) is 0 Å². The fourth-order valence-corrected chi connectivity index (χ4v) is 10.3. The number of ether oxygens (including phenoxy) is 5. The largest absolute Gasteiger partial charge is 0.475 e. The van der Waals surface area contributed by atoms with E-state index in [2.05, 4.69) is 25.7 Å². The van der Waals surface area contributed by atoms with E-state index in [1.807, 2.05) is 139 Å². The molecular formula is C66H108NO12P. The minimum Gasteiger partial charge on any atom is -0.462 e. The lowest BCUT2D eigenvalue weighted by atomic mass is 9.96. The van der Waals surface area contributed by atoms with Gasteiger partial charge >= 0.3 is 19.8 Å². The van der Waals surface area contributed by atoms with Gasteiger partial charge in [0.1, 0.15) is 24.4 Å². The van der Waals surface area contributed by atoms with Gasteiger partial charge in [-0.25, -0.2) is 4.57 Å². The lowest BCUT2D eigenvalue weighted by molar-refractivity contribution is -0.271. The number of phosphoric acid groups is 1. The number of phosphoric ester groups is 1. The van der Waals surface area contributed by atoms with E-state index in [-0.39, 0.29) is 64.2 Å². The van der Waals surface area contributed by atoms with Crippen LogP contribution in [0.4, 0.5) is 0 Å². The number of benzene rings is 3. The maximum absolute atomic E-state index is 15.2. The molecule has 0 saturated carbocycles. The molecule has 0 spiro atoms. The molecule has 0 radical (unpaired) electrons. The topological polar surface area (TPSA) is 154 Å². The van der Waals surface area contributed by atoms with E-state index < -0.39 is 50.5 Å². The maximum Gasteiger partial charge on any atom is 0.475 e. The van der Waals surface area contributed by atoms with Crippen LogP contribution >= 0.6 is 7.82 Å². The standard InChI is InChI=1S/C60H90NO12P.3C2H6/c1-5-9-11-13-15-17-19-21-32-41-52(70-55(63)42-33-22-20-18-16-14-12-10-6-2)44-56(64)72-59-57(61-54(62)34-7-3)60(67-43-8-4)71-53(48-66-45-49-35-26-23-27-36-49)58(59)73-74(65,68-46-50-37-28-24-29-38-50)69-47-51-39-30-25-31-40-51;3*1-2/h8,23-31,35-40,52-53,57-60H,4-7,9-22,32-34,41-48H2,1-3H3,(H,61,62);3*1-2H3. The van der Waals surface area contributed by atoms with Gasteiger partial charge in [-0.1, -0.05) is 262 Å². The molecule has 1 N–H and O–H groups in total. The third kappa shape index (κ3) is 33.7. The van der Waals surface area contributed by atoms with Crippen LogP contribution in [0.5, 0.6) is 0 Å². The van der Waals surface area contributed by atoms with Crippen molar-refractivity contribution in [2.75, 3.05) is 13.2 Å². The first kappa shape index (κ1) is 73.8. The number of amides is 1. The summed E-state index contributed by atoms with van der Waals surface area (Å²) in [4.78, 5) is 41.8. The molecule has 3 aromatic carbocycles. The second-order valence-corrected chi connectivity index (χ2v) is 21.1. The number of carbonyl (C=O) groups is 3. The molecule has 0 aromatic heterocycles. The van der Waals surface area contributed by atoms with E-state index in [1.165, 1.54) is 64.2 Å². The van der Waals surface area contributed by atoms with Crippen molar-refractivity contribution >= 4 is 25.7 Å². The summed E-state index contributed by atoms with van der Waals surface area (Å²) in [5.41, 5.74) is 2.30. The van der Waals surface area contributed by atoms with E-state index >= 15 is 4.57 Å². The molecule has 1 heterocycles. The Morgan fingerprint density at radius 3 is 1.52 bits per heavy atom. The van der Waals surface area contributed by atoms with E-state index in [9.17, 15) is 14.4 Å². The number of esters is 2. The van der Waals surface area contributed by atoms with Crippen LogP contribution < -0.4 is 5.32 Å². The van der Waals surface area contributed by atoms with Crippen LogP contribution in [0.2, 0.25) is 0 Å². The van der Waals surface area contributed by atoms with Gasteiger partial charge in [0.2, 0.25) is 5.91 Å². The van der Waals surface area contributed by atoms with Crippen LogP contribution in [0.15, 0.2) is 104 Å². The van der Waals surface area contributed by atoms with Gasteiger partial charge in [0.25, 0.3) is 0 Å². The first-order valence-electron chi connectivity index (χ1n) is 31.0. The first-order valence-corrected chi connectivity index (χ1v) is 32.5. The molecule has 4 rings (SSSR count). The SMILES string of the molecule is C=CCOC1OC(COCc2ccccc2)C(OP(=O)(OCc2ccccc2)OCc2ccccc2)C(OC(=O)CC(CCCCCCCCCCC)OC(=O)CCCCCCCCCCC)C1NC(=O)CCC.CC.CC.CC. The molecule has 13 nitrogen and oxygen atoms in total. The fraction of sp³-hybridized carbons (Fsp3) is 0.652. The van der Waals surface area contributed by atoms with Crippen molar-refractivity contribution in [3.8, 4) is 0 Å². The van der Waals surface area contributed by atoms with Crippen molar-refractivity contribution < 1.29 is 56.2 Å². The molecule has 6 unspecified atom stereocenters. The maximum atomic E-state index is 15.2. The summed E-state index contributed by atoms with van der Waals surface area (Å²) in [5.74, 6) is -1.42. The quantitative estimate of drug-likeness (QED) is 0.0248.